The highest BCUT2D eigenvalue weighted by Gasteiger charge is 2.10. The summed E-state index contributed by atoms with van der Waals surface area (Å²) in [5.74, 6) is -0.334. The predicted molar refractivity (Wildman–Crippen MR) is 88.8 cm³/mol. The van der Waals surface area contributed by atoms with Crippen molar-refractivity contribution in [3.8, 4) is 0 Å². The maximum absolute atomic E-state index is 11.9. The third-order valence-electron chi connectivity index (χ3n) is 2.94. The van der Waals surface area contributed by atoms with Gasteiger partial charge in [0.25, 0.3) is 0 Å². The van der Waals surface area contributed by atoms with Gasteiger partial charge in [-0.25, -0.2) is 13.4 Å². The van der Waals surface area contributed by atoms with Gasteiger partial charge in [-0.1, -0.05) is 6.07 Å². The van der Waals surface area contributed by atoms with Crippen LogP contribution in [0.2, 0.25) is 0 Å². The van der Waals surface area contributed by atoms with Crippen LogP contribution >= 0.6 is 11.3 Å². The minimum absolute atomic E-state index is 0.174. The normalized spacial score (nSPS) is 11.8. The Morgan fingerprint density at radius 1 is 1.32 bits per heavy atom. The van der Waals surface area contributed by atoms with Crippen molar-refractivity contribution < 1.29 is 13.2 Å². The van der Waals surface area contributed by atoms with Gasteiger partial charge >= 0.3 is 0 Å². The zero-order valence-corrected chi connectivity index (χ0v) is 14.1. The van der Waals surface area contributed by atoms with Crippen LogP contribution in [0.5, 0.6) is 0 Å². The third-order valence-corrected chi connectivity index (χ3v) is 4.84. The molecule has 0 spiro atoms. The van der Waals surface area contributed by atoms with E-state index in [2.05, 4.69) is 10.3 Å². The summed E-state index contributed by atoms with van der Waals surface area (Å²) in [6.45, 7) is 3.69. The SMILES string of the molecule is Cc1nc(/C=C/C(=O)Nc2cc(S(C)(=O)=O)ccc2C)cs1. The van der Waals surface area contributed by atoms with Crippen LogP contribution in [0.4, 0.5) is 5.69 Å². The average Bonchev–Trinajstić information content (AvgIpc) is 2.83. The van der Waals surface area contributed by atoms with Crippen LogP contribution < -0.4 is 5.32 Å². The molecule has 2 aromatic rings. The van der Waals surface area contributed by atoms with Gasteiger partial charge in [-0.15, -0.1) is 11.3 Å². The zero-order valence-electron chi connectivity index (χ0n) is 12.5. The highest BCUT2D eigenvalue weighted by molar-refractivity contribution is 7.90. The van der Waals surface area contributed by atoms with Crippen LogP contribution in [0.3, 0.4) is 0 Å². The predicted octanol–water partition coefficient (Wildman–Crippen LogP) is 2.82. The molecule has 0 aliphatic carbocycles. The first-order valence-electron chi connectivity index (χ1n) is 6.47. The Kier molecular flexibility index (Phi) is 4.77. The molecule has 22 heavy (non-hydrogen) atoms. The van der Waals surface area contributed by atoms with Gasteiger partial charge in [0.05, 0.1) is 15.6 Å². The van der Waals surface area contributed by atoms with Gasteiger partial charge in [0.15, 0.2) is 9.84 Å². The molecule has 7 heteroatoms. The summed E-state index contributed by atoms with van der Waals surface area (Å²) in [6, 6.07) is 4.65. The summed E-state index contributed by atoms with van der Waals surface area (Å²) < 4.78 is 23.1. The number of aromatic nitrogens is 1. The lowest BCUT2D eigenvalue weighted by Gasteiger charge is -2.08. The number of nitrogens with zero attached hydrogens (tertiary/aromatic N) is 1. The maximum Gasteiger partial charge on any atom is 0.248 e. The molecule has 5 nitrogen and oxygen atoms in total. The van der Waals surface area contributed by atoms with Crippen LogP contribution in [-0.4, -0.2) is 25.6 Å². The molecule has 0 aliphatic heterocycles. The number of rotatable bonds is 4. The van der Waals surface area contributed by atoms with E-state index >= 15 is 0 Å². The fourth-order valence-corrected chi connectivity index (χ4v) is 2.99. The number of anilines is 1. The highest BCUT2D eigenvalue weighted by Crippen LogP contribution is 2.20. The molecule has 0 saturated heterocycles. The van der Waals surface area contributed by atoms with Crippen LogP contribution in [-0.2, 0) is 14.6 Å². The van der Waals surface area contributed by atoms with E-state index < -0.39 is 9.84 Å². The molecule has 0 radical (unpaired) electrons. The highest BCUT2D eigenvalue weighted by atomic mass is 32.2. The van der Waals surface area contributed by atoms with E-state index in [4.69, 9.17) is 0 Å². The largest absolute Gasteiger partial charge is 0.322 e. The molecule has 1 aromatic heterocycles. The lowest BCUT2D eigenvalue weighted by Crippen LogP contribution is -2.10. The minimum atomic E-state index is -3.31. The van der Waals surface area contributed by atoms with Crippen molar-refractivity contribution in [3.05, 3.63) is 45.9 Å². The Balaban J connectivity index is 2.16. The number of carbonyl (C=O) groups excluding carboxylic acids is 1. The van der Waals surface area contributed by atoms with Gasteiger partial charge in [-0.3, -0.25) is 4.79 Å². The van der Waals surface area contributed by atoms with E-state index in [-0.39, 0.29) is 10.8 Å². The van der Waals surface area contributed by atoms with Gasteiger partial charge < -0.3 is 5.32 Å². The Labute approximate surface area is 133 Å². The second-order valence-corrected chi connectivity index (χ2v) is 7.94. The van der Waals surface area contributed by atoms with Gasteiger partial charge in [0, 0.05) is 23.4 Å². The second kappa shape index (κ2) is 6.41. The molecule has 1 aromatic carbocycles. The smallest absolute Gasteiger partial charge is 0.248 e. The first-order valence-corrected chi connectivity index (χ1v) is 9.25. The second-order valence-electron chi connectivity index (χ2n) is 4.86. The standard InChI is InChI=1S/C15H16N2O3S2/c1-10-4-6-13(22(3,19)20)8-14(10)17-15(18)7-5-12-9-21-11(2)16-12/h4-9H,1-3H3,(H,17,18)/b7-5+. The van der Waals surface area contributed by atoms with Gasteiger partial charge in [0.2, 0.25) is 5.91 Å². The Bertz CT molecular complexity index is 836. The van der Waals surface area contributed by atoms with E-state index in [1.807, 2.05) is 12.3 Å². The maximum atomic E-state index is 11.9. The summed E-state index contributed by atoms with van der Waals surface area (Å²) in [4.78, 5) is 16.3. The number of amides is 1. The van der Waals surface area contributed by atoms with Crippen LogP contribution in [0, 0.1) is 13.8 Å². The Morgan fingerprint density at radius 2 is 2.05 bits per heavy atom. The van der Waals surface area contributed by atoms with Crippen LogP contribution in [0.15, 0.2) is 34.6 Å². The summed E-state index contributed by atoms with van der Waals surface area (Å²) in [7, 11) is -3.31. The first-order chi connectivity index (χ1) is 10.3. The molecular weight excluding hydrogens is 320 g/mol. The molecular formula is C15H16N2O3S2. The van der Waals surface area contributed by atoms with Crippen LogP contribution in [0.25, 0.3) is 6.08 Å². The van der Waals surface area contributed by atoms with E-state index in [0.717, 1.165) is 22.5 Å². The summed E-state index contributed by atoms with van der Waals surface area (Å²) in [5, 5.41) is 5.47. The fraction of sp³-hybridized carbons (Fsp3) is 0.200. The van der Waals surface area contributed by atoms with E-state index in [9.17, 15) is 13.2 Å². The van der Waals surface area contributed by atoms with Crippen molar-refractivity contribution >= 4 is 38.8 Å². The van der Waals surface area contributed by atoms with Gasteiger partial charge in [-0.2, -0.15) is 0 Å². The number of nitrogens with one attached hydrogen (secondary N) is 1. The number of aryl methyl sites for hydroxylation is 2. The first kappa shape index (κ1) is 16.4. The molecule has 116 valence electrons. The van der Waals surface area contributed by atoms with E-state index in [1.165, 1.54) is 29.5 Å². The van der Waals surface area contributed by atoms with Crippen LogP contribution in [0.1, 0.15) is 16.3 Å². The van der Waals surface area contributed by atoms with Crippen molar-refractivity contribution in [1.82, 2.24) is 4.98 Å². The average molecular weight is 336 g/mol. The number of hydrogen-bond donors (Lipinski definition) is 1. The van der Waals surface area contributed by atoms with E-state index in [1.54, 1.807) is 19.1 Å². The fourth-order valence-electron chi connectivity index (χ4n) is 1.76. The Morgan fingerprint density at radius 3 is 2.64 bits per heavy atom. The molecule has 0 fully saturated rings. The summed E-state index contributed by atoms with van der Waals surface area (Å²) in [5.41, 5.74) is 1.99. The third kappa shape index (κ3) is 4.25. The van der Waals surface area contributed by atoms with Gasteiger partial charge in [0.1, 0.15) is 0 Å². The summed E-state index contributed by atoms with van der Waals surface area (Å²) >= 11 is 1.51. The number of sulfone groups is 1. The minimum Gasteiger partial charge on any atom is -0.322 e. The van der Waals surface area contributed by atoms with E-state index in [0.29, 0.717) is 5.69 Å². The van der Waals surface area contributed by atoms with Gasteiger partial charge in [-0.05, 0) is 37.6 Å². The molecule has 0 bridgehead atoms. The number of carbonyl (C=O) groups is 1. The topological polar surface area (TPSA) is 76.1 Å². The molecule has 0 unspecified atom stereocenters. The monoisotopic (exact) mass is 336 g/mol. The number of benzene rings is 1. The van der Waals surface area contributed by atoms with Crippen molar-refractivity contribution in [2.75, 3.05) is 11.6 Å². The van der Waals surface area contributed by atoms with Crippen molar-refractivity contribution in [3.63, 3.8) is 0 Å². The lowest BCUT2D eigenvalue weighted by molar-refractivity contribution is -0.111. The molecule has 0 aliphatic rings. The van der Waals surface area contributed by atoms with Crippen molar-refractivity contribution in [2.24, 2.45) is 0 Å². The van der Waals surface area contributed by atoms with Crippen molar-refractivity contribution in [2.45, 2.75) is 18.7 Å². The number of hydrogen-bond acceptors (Lipinski definition) is 5. The molecule has 0 saturated carbocycles. The summed E-state index contributed by atoms with van der Waals surface area (Å²) in [6.07, 6.45) is 4.13. The van der Waals surface area contributed by atoms with Crippen molar-refractivity contribution in [1.29, 1.82) is 0 Å². The quantitative estimate of drug-likeness (QED) is 0.871. The lowest BCUT2D eigenvalue weighted by atomic mass is 10.2. The molecule has 2 rings (SSSR count). The number of thiazole rings is 1. The molecule has 1 N–H and O–H groups in total. The Hall–Kier alpha value is -1.99. The zero-order chi connectivity index (χ0) is 16.3. The molecule has 1 heterocycles. The molecule has 1 amide bonds. The molecule has 0 atom stereocenters.